The van der Waals surface area contributed by atoms with Crippen LogP contribution < -0.4 is 5.32 Å². The second kappa shape index (κ2) is 7.62. The average Bonchev–Trinajstić information content (AvgIpc) is 2.31. The lowest BCUT2D eigenvalue weighted by Gasteiger charge is -2.21. The molecular formula is C14H23NOS. The van der Waals surface area contributed by atoms with E-state index >= 15 is 0 Å². The van der Waals surface area contributed by atoms with Crippen molar-refractivity contribution in [2.24, 2.45) is 0 Å². The summed E-state index contributed by atoms with van der Waals surface area (Å²) >= 11 is 1.89. The quantitative estimate of drug-likeness (QED) is 0.783. The highest BCUT2D eigenvalue weighted by atomic mass is 32.2. The van der Waals surface area contributed by atoms with Gasteiger partial charge in [0.1, 0.15) is 5.75 Å². The molecule has 0 bridgehead atoms. The first kappa shape index (κ1) is 14.4. The zero-order chi connectivity index (χ0) is 12.7. The third-order valence-electron chi connectivity index (χ3n) is 2.86. The van der Waals surface area contributed by atoms with Crippen molar-refractivity contribution < 1.29 is 5.11 Å². The van der Waals surface area contributed by atoms with Crippen LogP contribution >= 0.6 is 11.8 Å². The van der Waals surface area contributed by atoms with Crippen LogP contribution in [0.2, 0.25) is 0 Å². The van der Waals surface area contributed by atoms with Gasteiger partial charge in [-0.25, -0.2) is 0 Å². The Morgan fingerprint density at radius 1 is 1.29 bits per heavy atom. The highest BCUT2D eigenvalue weighted by Gasteiger charge is 2.10. The van der Waals surface area contributed by atoms with Gasteiger partial charge in [-0.05, 0) is 43.7 Å². The van der Waals surface area contributed by atoms with Gasteiger partial charge in [0.2, 0.25) is 0 Å². The summed E-state index contributed by atoms with van der Waals surface area (Å²) in [6.45, 7) is 4.44. The Bertz CT molecular complexity index is 313. The first-order chi connectivity index (χ1) is 8.15. The Balaban J connectivity index is 2.42. The first-order valence-corrected chi connectivity index (χ1v) is 7.58. The van der Waals surface area contributed by atoms with Crippen LogP contribution in [-0.4, -0.2) is 29.2 Å². The highest BCUT2D eigenvalue weighted by molar-refractivity contribution is 7.98. The normalized spacial score (nSPS) is 14.5. The average molecular weight is 253 g/mol. The van der Waals surface area contributed by atoms with E-state index in [0.717, 1.165) is 12.2 Å². The molecule has 17 heavy (non-hydrogen) atoms. The number of hydrogen-bond acceptors (Lipinski definition) is 3. The fourth-order valence-corrected chi connectivity index (χ4v) is 2.67. The monoisotopic (exact) mass is 253 g/mol. The minimum Gasteiger partial charge on any atom is -0.508 e. The van der Waals surface area contributed by atoms with Crippen molar-refractivity contribution in [3.63, 3.8) is 0 Å². The van der Waals surface area contributed by atoms with E-state index in [2.05, 4.69) is 25.4 Å². The van der Waals surface area contributed by atoms with Crippen molar-refractivity contribution in [3.8, 4) is 5.75 Å². The van der Waals surface area contributed by atoms with Gasteiger partial charge in [-0.15, -0.1) is 0 Å². The van der Waals surface area contributed by atoms with Crippen LogP contribution in [-0.2, 0) is 6.42 Å². The molecule has 1 rings (SSSR count). The summed E-state index contributed by atoms with van der Waals surface area (Å²) in [6.07, 6.45) is 4.32. The number of rotatable bonds is 7. The van der Waals surface area contributed by atoms with Crippen molar-refractivity contribution in [1.82, 2.24) is 5.32 Å². The van der Waals surface area contributed by atoms with Gasteiger partial charge in [0.25, 0.3) is 0 Å². The number of phenolic OH excluding ortho intramolecular Hbond substituents is 1. The summed E-state index contributed by atoms with van der Waals surface area (Å²) < 4.78 is 0. The molecule has 1 aromatic rings. The molecule has 0 saturated carbocycles. The molecule has 3 heteroatoms. The van der Waals surface area contributed by atoms with Gasteiger partial charge in [0, 0.05) is 17.8 Å². The van der Waals surface area contributed by atoms with Crippen molar-refractivity contribution in [1.29, 1.82) is 0 Å². The summed E-state index contributed by atoms with van der Waals surface area (Å²) in [7, 11) is 0. The molecule has 2 nitrogen and oxygen atoms in total. The molecule has 0 aliphatic carbocycles. The van der Waals surface area contributed by atoms with Crippen LogP contribution in [0, 0.1) is 0 Å². The van der Waals surface area contributed by atoms with E-state index in [0.29, 0.717) is 17.8 Å². The topological polar surface area (TPSA) is 32.3 Å². The molecule has 2 unspecified atom stereocenters. The summed E-state index contributed by atoms with van der Waals surface area (Å²) in [6, 6.07) is 8.54. The SMILES string of the molecule is CCC(CSC)NC(C)Cc1ccc(O)cc1. The molecule has 0 heterocycles. The van der Waals surface area contributed by atoms with Crippen LogP contribution in [0.5, 0.6) is 5.75 Å². The number of phenols is 1. The van der Waals surface area contributed by atoms with Crippen LogP contribution in [0.3, 0.4) is 0 Å². The molecule has 0 aromatic heterocycles. The molecule has 2 N–H and O–H groups in total. The van der Waals surface area contributed by atoms with E-state index < -0.39 is 0 Å². The third-order valence-corrected chi connectivity index (χ3v) is 3.59. The third kappa shape index (κ3) is 5.46. The molecule has 0 spiro atoms. The minimum absolute atomic E-state index is 0.336. The minimum atomic E-state index is 0.336. The summed E-state index contributed by atoms with van der Waals surface area (Å²) in [5.41, 5.74) is 1.27. The number of benzene rings is 1. The predicted molar refractivity (Wildman–Crippen MR) is 76.9 cm³/mol. The van der Waals surface area contributed by atoms with Crippen molar-refractivity contribution in [2.45, 2.75) is 38.8 Å². The van der Waals surface area contributed by atoms with Gasteiger partial charge in [0.05, 0.1) is 0 Å². The van der Waals surface area contributed by atoms with Crippen LogP contribution in [0.1, 0.15) is 25.8 Å². The lowest BCUT2D eigenvalue weighted by Crippen LogP contribution is -2.38. The van der Waals surface area contributed by atoms with Gasteiger partial charge in [-0.2, -0.15) is 11.8 Å². The van der Waals surface area contributed by atoms with Gasteiger partial charge >= 0.3 is 0 Å². The summed E-state index contributed by atoms with van der Waals surface area (Å²) in [4.78, 5) is 0. The van der Waals surface area contributed by atoms with Gasteiger partial charge in [-0.1, -0.05) is 19.1 Å². The smallest absolute Gasteiger partial charge is 0.115 e. The van der Waals surface area contributed by atoms with Crippen LogP contribution in [0.4, 0.5) is 0 Å². The van der Waals surface area contributed by atoms with Crippen molar-refractivity contribution >= 4 is 11.8 Å². The maximum atomic E-state index is 9.23. The van der Waals surface area contributed by atoms with E-state index in [4.69, 9.17) is 0 Å². The Hall–Kier alpha value is -0.670. The molecule has 96 valence electrons. The lowest BCUT2D eigenvalue weighted by molar-refractivity contribution is 0.459. The molecule has 0 aliphatic rings. The fraction of sp³-hybridized carbons (Fsp3) is 0.571. The van der Waals surface area contributed by atoms with Gasteiger partial charge in [0.15, 0.2) is 0 Å². The van der Waals surface area contributed by atoms with E-state index in [1.54, 1.807) is 12.1 Å². The lowest BCUT2D eigenvalue weighted by atomic mass is 10.1. The molecule has 2 atom stereocenters. The number of nitrogens with one attached hydrogen (secondary N) is 1. The second-order valence-corrected chi connectivity index (χ2v) is 5.41. The standard InChI is InChI=1S/C14H23NOS/c1-4-13(10-17-3)15-11(2)9-12-5-7-14(16)8-6-12/h5-8,11,13,15-16H,4,9-10H2,1-3H3. The van der Waals surface area contributed by atoms with E-state index in [-0.39, 0.29) is 0 Å². The fourth-order valence-electron chi connectivity index (χ4n) is 1.93. The number of hydrogen-bond donors (Lipinski definition) is 2. The van der Waals surface area contributed by atoms with E-state index in [1.165, 1.54) is 12.0 Å². The molecule has 0 saturated heterocycles. The highest BCUT2D eigenvalue weighted by Crippen LogP contribution is 2.12. The molecule has 0 amide bonds. The van der Waals surface area contributed by atoms with Crippen molar-refractivity contribution in [3.05, 3.63) is 29.8 Å². The van der Waals surface area contributed by atoms with E-state index in [9.17, 15) is 5.11 Å². The Labute approximate surface area is 109 Å². The van der Waals surface area contributed by atoms with Crippen LogP contribution in [0.25, 0.3) is 0 Å². The molecule has 0 radical (unpaired) electrons. The predicted octanol–water partition coefficient (Wildman–Crippen LogP) is 3.05. The zero-order valence-corrected chi connectivity index (χ0v) is 11.8. The maximum Gasteiger partial charge on any atom is 0.115 e. The van der Waals surface area contributed by atoms with Gasteiger partial charge < -0.3 is 10.4 Å². The number of thioether (sulfide) groups is 1. The Kier molecular flexibility index (Phi) is 6.45. The molecule has 0 fully saturated rings. The first-order valence-electron chi connectivity index (χ1n) is 6.18. The largest absolute Gasteiger partial charge is 0.508 e. The summed E-state index contributed by atoms with van der Waals surface area (Å²) in [5, 5.41) is 12.9. The maximum absolute atomic E-state index is 9.23. The molecule has 0 aliphatic heterocycles. The Morgan fingerprint density at radius 3 is 2.47 bits per heavy atom. The summed E-state index contributed by atoms with van der Waals surface area (Å²) in [5.74, 6) is 1.50. The second-order valence-electron chi connectivity index (χ2n) is 4.50. The Morgan fingerprint density at radius 2 is 1.94 bits per heavy atom. The molecular weight excluding hydrogens is 230 g/mol. The molecule has 1 aromatic carbocycles. The number of aromatic hydroxyl groups is 1. The van der Waals surface area contributed by atoms with Crippen LogP contribution in [0.15, 0.2) is 24.3 Å². The van der Waals surface area contributed by atoms with Gasteiger partial charge in [-0.3, -0.25) is 0 Å². The van der Waals surface area contributed by atoms with E-state index in [1.807, 2.05) is 23.9 Å². The zero-order valence-electron chi connectivity index (χ0n) is 10.9. The van der Waals surface area contributed by atoms with Crippen molar-refractivity contribution in [2.75, 3.05) is 12.0 Å².